The number of hydrogen-bond donors (Lipinski definition) is 1. The summed E-state index contributed by atoms with van der Waals surface area (Å²) in [6.07, 6.45) is 1.36. The summed E-state index contributed by atoms with van der Waals surface area (Å²) in [5, 5.41) is 3.11. The minimum atomic E-state index is -0.985. The third-order valence-corrected chi connectivity index (χ3v) is 3.69. The number of nitrogens with zero attached hydrogens (tertiary/aromatic N) is 2. The van der Waals surface area contributed by atoms with Gasteiger partial charge in [-0.25, -0.2) is 13.8 Å². The normalized spacial score (nSPS) is 11.0. The highest BCUT2D eigenvalue weighted by Crippen LogP contribution is 2.23. The van der Waals surface area contributed by atoms with E-state index in [0.717, 1.165) is 17.7 Å². The maximum atomic E-state index is 13.3. The van der Waals surface area contributed by atoms with Crippen molar-refractivity contribution in [1.29, 1.82) is 0 Å². The van der Waals surface area contributed by atoms with E-state index in [2.05, 4.69) is 10.3 Å². The number of anilines is 1. The predicted molar refractivity (Wildman–Crippen MR) is 84.5 cm³/mol. The van der Waals surface area contributed by atoms with Crippen LogP contribution in [0.3, 0.4) is 0 Å². The van der Waals surface area contributed by atoms with Crippen LogP contribution in [0.5, 0.6) is 0 Å². The second-order valence-electron chi connectivity index (χ2n) is 5.16. The summed E-state index contributed by atoms with van der Waals surface area (Å²) in [6, 6.07) is 7.28. The summed E-state index contributed by atoms with van der Waals surface area (Å²) in [4.78, 5) is 16.1. The van der Waals surface area contributed by atoms with Crippen molar-refractivity contribution in [3.8, 4) is 0 Å². The number of hydrogen-bond acceptors (Lipinski definition) is 2. The van der Waals surface area contributed by atoms with E-state index in [1.54, 1.807) is 12.1 Å². The number of imidazole rings is 1. The van der Waals surface area contributed by atoms with Crippen LogP contribution < -0.4 is 5.32 Å². The number of benzene rings is 2. The molecule has 3 rings (SSSR count). The Bertz CT molecular complexity index is 908. The van der Waals surface area contributed by atoms with Gasteiger partial charge in [0.25, 0.3) is 0 Å². The minimum absolute atomic E-state index is 0.0915. The Morgan fingerprint density at radius 3 is 2.74 bits per heavy atom. The number of carbonyl (C=O) groups is 1. The van der Waals surface area contributed by atoms with Crippen LogP contribution in [0.1, 0.15) is 5.56 Å². The lowest BCUT2D eigenvalue weighted by atomic mass is 10.2. The molecule has 23 heavy (non-hydrogen) atoms. The monoisotopic (exact) mass is 335 g/mol. The number of rotatable bonds is 3. The van der Waals surface area contributed by atoms with Crippen LogP contribution in [0.15, 0.2) is 36.7 Å². The molecule has 7 heteroatoms. The molecule has 0 aliphatic carbocycles. The van der Waals surface area contributed by atoms with E-state index in [-0.39, 0.29) is 18.0 Å². The van der Waals surface area contributed by atoms with Gasteiger partial charge >= 0.3 is 0 Å². The van der Waals surface area contributed by atoms with Crippen LogP contribution >= 0.6 is 11.6 Å². The zero-order chi connectivity index (χ0) is 16.6. The molecule has 0 aliphatic heterocycles. The predicted octanol–water partition coefficient (Wildman–Crippen LogP) is 3.92. The first kappa shape index (κ1) is 15.4. The maximum Gasteiger partial charge on any atom is 0.244 e. The first-order valence-electron chi connectivity index (χ1n) is 6.80. The molecule has 2 aromatic carbocycles. The zero-order valence-electron chi connectivity index (χ0n) is 12.1. The van der Waals surface area contributed by atoms with Crippen molar-refractivity contribution in [2.45, 2.75) is 13.5 Å². The van der Waals surface area contributed by atoms with Crippen molar-refractivity contribution < 1.29 is 13.6 Å². The van der Waals surface area contributed by atoms with Crippen molar-refractivity contribution >= 4 is 34.2 Å². The molecular formula is C16H12ClF2N3O. The molecule has 0 unspecified atom stereocenters. The number of aromatic nitrogens is 2. The SMILES string of the molecule is Cc1ccc(NC(=O)Cn2cnc3cc(F)c(F)cc32)c(Cl)c1. The van der Waals surface area contributed by atoms with Crippen molar-refractivity contribution in [2.75, 3.05) is 5.32 Å². The lowest BCUT2D eigenvalue weighted by Crippen LogP contribution is -2.18. The molecule has 0 bridgehead atoms. The van der Waals surface area contributed by atoms with Gasteiger partial charge in [0.2, 0.25) is 5.91 Å². The Kier molecular flexibility index (Phi) is 4.00. The van der Waals surface area contributed by atoms with E-state index in [0.29, 0.717) is 16.2 Å². The van der Waals surface area contributed by atoms with Crippen molar-refractivity contribution in [3.05, 3.63) is 58.9 Å². The first-order chi connectivity index (χ1) is 10.9. The molecule has 1 amide bonds. The first-order valence-corrected chi connectivity index (χ1v) is 7.18. The van der Waals surface area contributed by atoms with Crippen LogP contribution in [-0.4, -0.2) is 15.5 Å². The molecule has 1 N–H and O–H groups in total. The smallest absolute Gasteiger partial charge is 0.244 e. The van der Waals surface area contributed by atoms with Gasteiger partial charge in [-0.2, -0.15) is 0 Å². The van der Waals surface area contributed by atoms with E-state index in [1.807, 2.05) is 13.0 Å². The van der Waals surface area contributed by atoms with Gasteiger partial charge in [-0.1, -0.05) is 17.7 Å². The summed E-state index contributed by atoms with van der Waals surface area (Å²) in [5.41, 5.74) is 2.09. The number of aryl methyl sites for hydroxylation is 1. The van der Waals surface area contributed by atoms with Gasteiger partial charge in [-0.15, -0.1) is 0 Å². The second kappa shape index (κ2) is 5.96. The highest BCUT2D eigenvalue weighted by molar-refractivity contribution is 6.33. The van der Waals surface area contributed by atoms with Gasteiger partial charge in [0.1, 0.15) is 6.54 Å². The van der Waals surface area contributed by atoms with Gasteiger partial charge in [-0.3, -0.25) is 4.79 Å². The highest BCUT2D eigenvalue weighted by Gasteiger charge is 2.12. The molecular weight excluding hydrogens is 324 g/mol. The Balaban J connectivity index is 1.81. The number of fused-ring (bicyclic) bond motifs is 1. The zero-order valence-corrected chi connectivity index (χ0v) is 12.9. The third kappa shape index (κ3) is 3.17. The van der Waals surface area contributed by atoms with Crippen LogP contribution in [0, 0.1) is 18.6 Å². The topological polar surface area (TPSA) is 46.9 Å². The van der Waals surface area contributed by atoms with E-state index < -0.39 is 11.6 Å². The largest absolute Gasteiger partial charge is 0.323 e. The fraction of sp³-hybridized carbons (Fsp3) is 0.125. The molecule has 0 atom stereocenters. The minimum Gasteiger partial charge on any atom is -0.323 e. The van der Waals surface area contributed by atoms with Gasteiger partial charge in [0.05, 0.1) is 28.1 Å². The number of amides is 1. The molecule has 1 aromatic heterocycles. The van der Waals surface area contributed by atoms with Gasteiger partial charge < -0.3 is 9.88 Å². The second-order valence-corrected chi connectivity index (χ2v) is 5.57. The number of nitrogens with one attached hydrogen (secondary N) is 1. The van der Waals surface area contributed by atoms with Crippen LogP contribution in [0.4, 0.5) is 14.5 Å². The average Bonchev–Trinajstić information content (AvgIpc) is 2.85. The lowest BCUT2D eigenvalue weighted by molar-refractivity contribution is -0.116. The molecule has 1 heterocycles. The van der Waals surface area contributed by atoms with E-state index in [9.17, 15) is 13.6 Å². The van der Waals surface area contributed by atoms with Crippen LogP contribution in [0.2, 0.25) is 5.02 Å². The summed E-state index contributed by atoms with van der Waals surface area (Å²) in [5.74, 6) is -2.31. The fourth-order valence-electron chi connectivity index (χ4n) is 2.25. The maximum absolute atomic E-state index is 13.3. The summed E-state index contributed by atoms with van der Waals surface area (Å²) < 4.78 is 28.0. The standard InChI is InChI=1S/C16H12ClF2N3O/c1-9-2-3-13(10(17)4-9)21-16(23)7-22-8-20-14-5-11(18)12(19)6-15(14)22/h2-6,8H,7H2,1H3,(H,21,23). The van der Waals surface area contributed by atoms with Crippen molar-refractivity contribution in [1.82, 2.24) is 9.55 Å². The van der Waals surface area contributed by atoms with Crippen molar-refractivity contribution in [2.24, 2.45) is 0 Å². The Morgan fingerprint density at radius 1 is 1.26 bits per heavy atom. The lowest BCUT2D eigenvalue weighted by Gasteiger charge is -2.09. The molecule has 0 fully saturated rings. The molecule has 0 aliphatic rings. The van der Waals surface area contributed by atoms with Gasteiger partial charge in [0, 0.05) is 12.1 Å². The quantitative estimate of drug-likeness (QED) is 0.788. The van der Waals surface area contributed by atoms with E-state index in [4.69, 9.17) is 11.6 Å². The highest BCUT2D eigenvalue weighted by atomic mass is 35.5. The fourth-order valence-corrected chi connectivity index (χ4v) is 2.53. The molecule has 0 radical (unpaired) electrons. The van der Waals surface area contributed by atoms with E-state index >= 15 is 0 Å². The Labute approximate surface area is 135 Å². The number of carbonyl (C=O) groups excluding carboxylic acids is 1. The molecule has 0 saturated heterocycles. The van der Waals surface area contributed by atoms with Gasteiger partial charge in [-0.05, 0) is 24.6 Å². The van der Waals surface area contributed by atoms with Crippen molar-refractivity contribution in [3.63, 3.8) is 0 Å². The van der Waals surface area contributed by atoms with E-state index in [1.165, 1.54) is 10.9 Å². The Morgan fingerprint density at radius 2 is 2.00 bits per heavy atom. The number of halogens is 3. The average molecular weight is 336 g/mol. The Hall–Kier alpha value is -2.47. The molecule has 0 spiro atoms. The molecule has 4 nitrogen and oxygen atoms in total. The summed E-state index contributed by atoms with van der Waals surface area (Å²) in [6.45, 7) is 1.80. The summed E-state index contributed by atoms with van der Waals surface area (Å²) in [7, 11) is 0. The molecule has 3 aromatic rings. The molecule has 0 saturated carbocycles. The summed E-state index contributed by atoms with van der Waals surface area (Å²) >= 11 is 6.06. The van der Waals surface area contributed by atoms with Crippen LogP contribution in [0.25, 0.3) is 11.0 Å². The van der Waals surface area contributed by atoms with Gasteiger partial charge in [0.15, 0.2) is 11.6 Å². The third-order valence-electron chi connectivity index (χ3n) is 3.38. The van der Waals surface area contributed by atoms with Crippen LogP contribution in [-0.2, 0) is 11.3 Å². The molecule has 118 valence electrons.